The third-order valence-corrected chi connectivity index (χ3v) is 4.44. The molecule has 1 aliphatic carbocycles. The predicted octanol–water partition coefficient (Wildman–Crippen LogP) is 1.16. The number of ether oxygens (including phenoxy) is 1. The first-order valence-corrected chi connectivity index (χ1v) is 6.73. The van der Waals surface area contributed by atoms with E-state index >= 15 is 0 Å². The van der Waals surface area contributed by atoms with E-state index in [1.807, 2.05) is 7.05 Å². The molecule has 0 aromatic heterocycles. The molecule has 2 atom stereocenters. The van der Waals surface area contributed by atoms with E-state index in [2.05, 4.69) is 10.2 Å². The Morgan fingerprint density at radius 1 is 1.35 bits per heavy atom. The summed E-state index contributed by atoms with van der Waals surface area (Å²) >= 11 is 0. The van der Waals surface area contributed by atoms with E-state index < -0.39 is 5.54 Å². The second kappa shape index (κ2) is 5.36. The van der Waals surface area contributed by atoms with E-state index in [1.54, 1.807) is 0 Å². The number of likely N-dealkylation sites (tertiary alicyclic amines) is 1. The van der Waals surface area contributed by atoms with Crippen LogP contribution in [0.2, 0.25) is 0 Å². The number of methoxy groups -OCH3 is 1. The van der Waals surface area contributed by atoms with Gasteiger partial charge in [0.1, 0.15) is 5.54 Å². The smallest absolute Gasteiger partial charge is 0.326 e. The lowest BCUT2D eigenvalue weighted by molar-refractivity contribution is -0.151. The summed E-state index contributed by atoms with van der Waals surface area (Å²) in [6.45, 7) is 2.40. The molecule has 17 heavy (non-hydrogen) atoms. The molecule has 2 aliphatic rings. The van der Waals surface area contributed by atoms with Gasteiger partial charge in [0.15, 0.2) is 0 Å². The molecule has 1 saturated heterocycles. The van der Waals surface area contributed by atoms with Gasteiger partial charge in [0.25, 0.3) is 0 Å². The molecule has 2 unspecified atom stereocenters. The lowest BCUT2D eigenvalue weighted by Crippen LogP contribution is -2.57. The zero-order valence-corrected chi connectivity index (χ0v) is 11.0. The van der Waals surface area contributed by atoms with Gasteiger partial charge < -0.3 is 15.0 Å². The summed E-state index contributed by atoms with van der Waals surface area (Å²) in [7, 11) is 3.37. The molecular weight excluding hydrogens is 216 g/mol. The standard InChI is InChI=1S/C13H24N2O2/c1-14-13(12(16)17-2)7-5-6-11(10-13)15-8-3-4-9-15/h11,14H,3-10H2,1-2H3. The van der Waals surface area contributed by atoms with Crippen LogP contribution in [0.15, 0.2) is 0 Å². The van der Waals surface area contributed by atoms with Gasteiger partial charge in [0.05, 0.1) is 7.11 Å². The third-order valence-electron chi connectivity index (χ3n) is 4.44. The summed E-state index contributed by atoms with van der Waals surface area (Å²) in [5.41, 5.74) is -0.444. The second-order valence-electron chi connectivity index (χ2n) is 5.32. The summed E-state index contributed by atoms with van der Waals surface area (Å²) in [4.78, 5) is 14.5. The van der Waals surface area contributed by atoms with Crippen LogP contribution in [-0.2, 0) is 9.53 Å². The van der Waals surface area contributed by atoms with Crippen LogP contribution >= 0.6 is 0 Å². The van der Waals surface area contributed by atoms with Crippen LogP contribution in [0.3, 0.4) is 0 Å². The van der Waals surface area contributed by atoms with E-state index in [0.717, 1.165) is 19.3 Å². The number of carbonyl (C=O) groups excluding carboxylic acids is 1. The molecule has 0 radical (unpaired) electrons. The van der Waals surface area contributed by atoms with Crippen molar-refractivity contribution in [1.29, 1.82) is 0 Å². The number of carbonyl (C=O) groups is 1. The Hall–Kier alpha value is -0.610. The number of nitrogens with zero attached hydrogens (tertiary/aromatic N) is 1. The van der Waals surface area contributed by atoms with Gasteiger partial charge in [-0.3, -0.25) is 4.79 Å². The SMILES string of the molecule is CNC1(C(=O)OC)CCCC(N2CCCC2)C1. The highest BCUT2D eigenvalue weighted by atomic mass is 16.5. The maximum Gasteiger partial charge on any atom is 0.326 e. The van der Waals surface area contributed by atoms with Crippen LogP contribution < -0.4 is 5.32 Å². The average Bonchev–Trinajstić information content (AvgIpc) is 2.91. The van der Waals surface area contributed by atoms with Crippen LogP contribution in [-0.4, -0.2) is 49.7 Å². The molecule has 1 N–H and O–H groups in total. The van der Waals surface area contributed by atoms with E-state index in [0.29, 0.717) is 6.04 Å². The number of hydrogen-bond acceptors (Lipinski definition) is 4. The van der Waals surface area contributed by atoms with Crippen LogP contribution in [0.25, 0.3) is 0 Å². The maximum absolute atomic E-state index is 12.0. The lowest BCUT2D eigenvalue weighted by atomic mass is 9.78. The first-order valence-electron chi connectivity index (χ1n) is 6.73. The topological polar surface area (TPSA) is 41.6 Å². The van der Waals surface area contributed by atoms with Gasteiger partial charge in [-0.05, 0) is 58.7 Å². The first kappa shape index (κ1) is 12.8. The summed E-state index contributed by atoms with van der Waals surface area (Å²) in [6, 6.07) is 0.554. The van der Waals surface area contributed by atoms with Crippen LogP contribution in [0, 0.1) is 0 Å². The van der Waals surface area contributed by atoms with Gasteiger partial charge >= 0.3 is 5.97 Å². The molecule has 0 aromatic rings. The highest BCUT2D eigenvalue weighted by Crippen LogP contribution is 2.33. The van der Waals surface area contributed by atoms with Crippen molar-refractivity contribution in [3.63, 3.8) is 0 Å². The molecule has 2 fully saturated rings. The van der Waals surface area contributed by atoms with Gasteiger partial charge in [-0.2, -0.15) is 0 Å². The van der Waals surface area contributed by atoms with Crippen molar-refractivity contribution in [2.45, 2.75) is 50.1 Å². The van der Waals surface area contributed by atoms with Gasteiger partial charge in [-0.15, -0.1) is 0 Å². The van der Waals surface area contributed by atoms with E-state index in [1.165, 1.54) is 39.5 Å². The van der Waals surface area contributed by atoms with Crippen molar-refractivity contribution in [3.8, 4) is 0 Å². The highest BCUT2D eigenvalue weighted by molar-refractivity contribution is 5.81. The number of nitrogens with one attached hydrogen (secondary N) is 1. The number of hydrogen-bond donors (Lipinski definition) is 1. The monoisotopic (exact) mass is 240 g/mol. The Labute approximate surface area is 104 Å². The van der Waals surface area contributed by atoms with Gasteiger partial charge in [-0.1, -0.05) is 0 Å². The molecule has 1 aliphatic heterocycles. The Balaban J connectivity index is 2.05. The van der Waals surface area contributed by atoms with Gasteiger partial charge in [0.2, 0.25) is 0 Å². The Kier molecular flexibility index (Phi) is 4.05. The fourth-order valence-electron chi connectivity index (χ4n) is 3.37. The molecular formula is C13H24N2O2. The highest BCUT2D eigenvalue weighted by Gasteiger charge is 2.44. The van der Waals surface area contributed by atoms with Crippen molar-refractivity contribution < 1.29 is 9.53 Å². The summed E-state index contributed by atoms with van der Waals surface area (Å²) in [6.07, 6.45) is 6.75. The molecule has 2 rings (SSSR count). The number of likely N-dealkylation sites (N-methyl/N-ethyl adjacent to an activating group) is 1. The molecule has 0 aromatic carbocycles. The Bertz CT molecular complexity index is 277. The molecule has 4 nitrogen and oxygen atoms in total. The van der Waals surface area contributed by atoms with Crippen molar-refractivity contribution in [3.05, 3.63) is 0 Å². The number of esters is 1. The fraction of sp³-hybridized carbons (Fsp3) is 0.923. The van der Waals surface area contributed by atoms with Gasteiger partial charge in [-0.25, -0.2) is 0 Å². The molecule has 98 valence electrons. The maximum atomic E-state index is 12.0. The van der Waals surface area contributed by atoms with Crippen LogP contribution in [0.4, 0.5) is 0 Å². The molecule has 0 amide bonds. The minimum atomic E-state index is -0.444. The van der Waals surface area contributed by atoms with Gasteiger partial charge in [0, 0.05) is 6.04 Å². The summed E-state index contributed by atoms with van der Waals surface area (Å²) in [5.74, 6) is -0.0936. The van der Waals surface area contributed by atoms with Crippen LogP contribution in [0.5, 0.6) is 0 Å². The molecule has 1 saturated carbocycles. The summed E-state index contributed by atoms with van der Waals surface area (Å²) < 4.78 is 4.97. The molecule has 4 heteroatoms. The summed E-state index contributed by atoms with van der Waals surface area (Å²) in [5, 5.41) is 3.22. The van der Waals surface area contributed by atoms with Crippen molar-refractivity contribution >= 4 is 5.97 Å². The van der Waals surface area contributed by atoms with E-state index in [-0.39, 0.29) is 5.97 Å². The fourth-order valence-corrected chi connectivity index (χ4v) is 3.37. The normalized spacial score (nSPS) is 34.8. The largest absolute Gasteiger partial charge is 0.468 e. The zero-order valence-electron chi connectivity index (χ0n) is 11.0. The Morgan fingerprint density at radius 3 is 2.65 bits per heavy atom. The van der Waals surface area contributed by atoms with E-state index in [4.69, 9.17) is 4.74 Å². The first-order chi connectivity index (χ1) is 8.22. The molecule has 0 spiro atoms. The minimum Gasteiger partial charge on any atom is -0.468 e. The quantitative estimate of drug-likeness (QED) is 0.752. The van der Waals surface area contributed by atoms with Crippen molar-refractivity contribution in [1.82, 2.24) is 10.2 Å². The average molecular weight is 240 g/mol. The molecule has 0 bridgehead atoms. The van der Waals surface area contributed by atoms with Crippen LogP contribution in [0.1, 0.15) is 38.5 Å². The second-order valence-corrected chi connectivity index (χ2v) is 5.32. The predicted molar refractivity (Wildman–Crippen MR) is 66.9 cm³/mol. The van der Waals surface area contributed by atoms with E-state index in [9.17, 15) is 4.79 Å². The Morgan fingerprint density at radius 2 is 2.06 bits per heavy atom. The third kappa shape index (κ3) is 2.47. The van der Waals surface area contributed by atoms with Crippen molar-refractivity contribution in [2.75, 3.05) is 27.2 Å². The minimum absolute atomic E-state index is 0.0936. The van der Waals surface area contributed by atoms with Crippen molar-refractivity contribution in [2.24, 2.45) is 0 Å². The zero-order chi connectivity index (χ0) is 12.3. The molecule has 1 heterocycles. The number of rotatable bonds is 3. The lowest BCUT2D eigenvalue weighted by Gasteiger charge is -2.41.